The predicted molar refractivity (Wildman–Crippen MR) is 90.8 cm³/mol. The molecule has 0 aliphatic rings. The fourth-order valence-electron chi connectivity index (χ4n) is 2.42. The van der Waals surface area contributed by atoms with Gasteiger partial charge in [-0.2, -0.15) is 0 Å². The Hall–Kier alpha value is -0.830. The van der Waals surface area contributed by atoms with Crippen LogP contribution in [0.4, 0.5) is 0 Å². The van der Waals surface area contributed by atoms with Crippen molar-refractivity contribution in [2.75, 3.05) is 6.54 Å². The van der Waals surface area contributed by atoms with Crippen molar-refractivity contribution in [3.05, 3.63) is 45.8 Å². The van der Waals surface area contributed by atoms with Gasteiger partial charge >= 0.3 is 0 Å². The Morgan fingerprint density at radius 1 is 1.20 bits per heavy atom. The van der Waals surface area contributed by atoms with Crippen molar-refractivity contribution >= 4 is 22.9 Å². The molecule has 2 rings (SSSR count). The van der Waals surface area contributed by atoms with E-state index in [4.69, 9.17) is 11.6 Å². The second-order valence-electron chi connectivity index (χ2n) is 5.39. The van der Waals surface area contributed by atoms with Gasteiger partial charge in [0.25, 0.3) is 0 Å². The highest BCUT2D eigenvalue weighted by molar-refractivity contribution is 7.15. The fourth-order valence-corrected chi connectivity index (χ4v) is 3.94. The molecule has 2 aromatic rings. The Bertz CT molecular complexity index is 574. The lowest BCUT2D eigenvalue weighted by Gasteiger charge is -2.20. The van der Waals surface area contributed by atoms with E-state index in [2.05, 4.69) is 51.2 Å². The fraction of sp³-hybridized carbons (Fsp3) is 0.412. The highest BCUT2D eigenvalue weighted by Crippen LogP contribution is 2.36. The van der Waals surface area contributed by atoms with Crippen LogP contribution in [0, 0.1) is 12.8 Å². The topological polar surface area (TPSA) is 12.0 Å². The molecule has 0 saturated carbocycles. The third-order valence-corrected chi connectivity index (χ3v) is 5.17. The van der Waals surface area contributed by atoms with Gasteiger partial charge in [-0.15, -0.1) is 11.3 Å². The Labute approximate surface area is 131 Å². The molecule has 1 atom stereocenters. The predicted octanol–water partition coefficient (Wildman–Crippen LogP) is 5.68. The van der Waals surface area contributed by atoms with Crippen LogP contribution in [-0.4, -0.2) is 6.54 Å². The molecule has 0 radical (unpaired) electrons. The first-order chi connectivity index (χ1) is 9.54. The number of benzene rings is 1. The number of hydrogen-bond acceptors (Lipinski definition) is 2. The molecule has 0 amide bonds. The molecule has 108 valence electrons. The van der Waals surface area contributed by atoms with Crippen molar-refractivity contribution in [3.8, 4) is 10.4 Å². The monoisotopic (exact) mass is 307 g/mol. The molecule has 0 bridgehead atoms. The van der Waals surface area contributed by atoms with E-state index in [1.54, 1.807) is 0 Å². The van der Waals surface area contributed by atoms with Crippen LogP contribution in [0.3, 0.4) is 0 Å². The summed E-state index contributed by atoms with van der Waals surface area (Å²) in [4.78, 5) is 2.69. The van der Waals surface area contributed by atoms with Crippen molar-refractivity contribution in [2.45, 2.75) is 33.7 Å². The van der Waals surface area contributed by atoms with E-state index >= 15 is 0 Å². The zero-order valence-electron chi connectivity index (χ0n) is 12.5. The molecular weight excluding hydrogens is 286 g/mol. The molecule has 3 heteroatoms. The van der Waals surface area contributed by atoms with Gasteiger partial charge in [-0.1, -0.05) is 44.5 Å². The Kier molecular flexibility index (Phi) is 5.25. The van der Waals surface area contributed by atoms with Crippen LogP contribution in [0.25, 0.3) is 10.4 Å². The van der Waals surface area contributed by atoms with Crippen molar-refractivity contribution in [1.82, 2.24) is 5.32 Å². The Balaban J connectivity index is 2.35. The first-order valence-electron chi connectivity index (χ1n) is 7.13. The minimum atomic E-state index is 0.429. The summed E-state index contributed by atoms with van der Waals surface area (Å²) in [5.41, 5.74) is 2.40. The summed E-state index contributed by atoms with van der Waals surface area (Å²) < 4.78 is 0. The van der Waals surface area contributed by atoms with Crippen molar-refractivity contribution in [1.29, 1.82) is 0 Å². The molecule has 1 N–H and O–H groups in total. The number of hydrogen-bond donors (Lipinski definition) is 1. The largest absolute Gasteiger partial charge is 0.309 e. The van der Waals surface area contributed by atoms with E-state index in [9.17, 15) is 0 Å². The summed E-state index contributed by atoms with van der Waals surface area (Å²) in [5, 5.41) is 4.41. The highest BCUT2D eigenvalue weighted by Gasteiger charge is 2.17. The minimum Gasteiger partial charge on any atom is -0.309 e. The van der Waals surface area contributed by atoms with Gasteiger partial charge in [-0.25, -0.2) is 0 Å². The molecule has 0 aliphatic heterocycles. The molecule has 20 heavy (non-hydrogen) atoms. The van der Waals surface area contributed by atoms with Crippen molar-refractivity contribution < 1.29 is 0 Å². The summed E-state index contributed by atoms with van der Waals surface area (Å²) >= 11 is 8.09. The van der Waals surface area contributed by atoms with E-state index < -0.39 is 0 Å². The van der Waals surface area contributed by atoms with Gasteiger partial charge in [0.15, 0.2) is 0 Å². The SMILES string of the molecule is CCNC(c1ccc(-c2cccc(Cl)c2C)s1)C(C)C. The van der Waals surface area contributed by atoms with Crippen LogP contribution in [0.1, 0.15) is 37.3 Å². The van der Waals surface area contributed by atoms with Crippen molar-refractivity contribution in [3.63, 3.8) is 0 Å². The molecule has 1 heterocycles. The maximum atomic E-state index is 6.23. The van der Waals surface area contributed by atoms with Crippen LogP contribution in [0.5, 0.6) is 0 Å². The molecular formula is C17H22ClNS. The molecule has 1 nitrogen and oxygen atoms in total. The highest BCUT2D eigenvalue weighted by atomic mass is 35.5. The van der Waals surface area contributed by atoms with E-state index in [0.717, 1.165) is 17.1 Å². The van der Waals surface area contributed by atoms with Crippen LogP contribution in [0.2, 0.25) is 5.02 Å². The summed E-state index contributed by atoms with van der Waals surface area (Å²) in [6.07, 6.45) is 0. The molecule has 0 fully saturated rings. The number of thiophene rings is 1. The lowest BCUT2D eigenvalue weighted by atomic mass is 10.0. The quantitative estimate of drug-likeness (QED) is 0.749. The van der Waals surface area contributed by atoms with E-state index in [1.807, 2.05) is 23.5 Å². The summed E-state index contributed by atoms with van der Waals surface area (Å²) in [7, 11) is 0. The lowest BCUT2D eigenvalue weighted by molar-refractivity contribution is 0.428. The molecule has 0 aliphatic carbocycles. The third-order valence-electron chi connectivity index (χ3n) is 3.56. The normalized spacial score (nSPS) is 12.9. The van der Waals surface area contributed by atoms with Gasteiger partial charge in [-0.05, 0) is 48.7 Å². The number of nitrogens with one attached hydrogen (secondary N) is 1. The van der Waals surface area contributed by atoms with Crippen LogP contribution >= 0.6 is 22.9 Å². The molecule has 0 spiro atoms. The Morgan fingerprint density at radius 3 is 2.60 bits per heavy atom. The summed E-state index contributed by atoms with van der Waals surface area (Å²) in [5.74, 6) is 0.585. The number of halogens is 1. The summed E-state index contributed by atoms with van der Waals surface area (Å²) in [6, 6.07) is 11.0. The zero-order valence-corrected chi connectivity index (χ0v) is 14.1. The van der Waals surface area contributed by atoms with Gasteiger partial charge in [0.05, 0.1) is 0 Å². The first kappa shape index (κ1) is 15.6. The second-order valence-corrected chi connectivity index (χ2v) is 6.92. The average molecular weight is 308 g/mol. The lowest BCUT2D eigenvalue weighted by Crippen LogP contribution is -2.24. The average Bonchev–Trinajstić information content (AvgIpc) is 2.88. The van der Waals surface area contributed by atoms with Crippen LogP contribution in [0.15, 0.2) is 30.3 Å². The third kappa shape index (κ3) is 3.25. The Morgan fingerprint density at radius 2 is 1.95 bits per heavy atom. The maximum Gasteiger partial charge on any atom is 0.0441 e. The van der Waals surface area contributed by atoms with E-state index in [-0.39, 0.29) is 0 Å². The molecule has 1 unspecified atom stereocenters. The zero-order chi connectivity index (χ0) is 14.7. The molecule has 1 aromatic heterocycles. The van der Waals surface area contributed by atoms with Gasteiger partial charge < -0.3 is 5.32 Å². The molecule has 0 saturated heterocycles. The smallest absolute Gasteiger partial charge is 0.0441 e. The first-order valence-corrected chi connectivity index (χ1v) is 8.32. The van der Waals surface area contributed by atoms with Gasteiger partial charge in [0, 0.05) is 20.8 Å². The number of rotatable bonds is 5. The maximum absolute atomic E-state index is 6.23. The van der Waals surface area contributed by atoms with Crippen LogP contribution < -0.4 is 5.32 Å². The van der Waals surface area contributed by atoms with Gasteiger partial charge in [0.2, 0.25) is 0 Å². The standard InChI is InChI=1S/C17H22ClNS/c1-5-19-17(11(2)3)16-10-9-15(20-16)13-7-6-8-14(18)12(13)4/h6-11,17,19H,5H2,1-4H3. The van der Waals surface area contributed by atoms with E-state index in [0.29, 0.717) is 12.0 Å². The van der Waals surface area contributed by atoms with Crippen LogP contribution in [-0.2, 0) is 0 Å². The van der Waals surface area contributed by atoms with E-state index in [1.165, 1.54) is 15.3 Å². The van der Waals surface area contributed by atoms with Crippen molar-refractivity contribution in [2.24, 2.45) is 5.92 Å². The van der Waals surface area contributed by atoms with Gasteiger partial charge in [-0.3, -0.25) is 0 Å². The second kappa shape index (κ2) is 6.75. The van der Waals surface area contributed by atoms with Gasteiger partial charge in [0.1, 0.15) is 0 Å². The summed E-state index contributed by atoms with van der Waals surface area (Å²) in [6.45, 7) is 9.76. The minimum absolute atomic E-state index is 0.429. The molecule has 1 aromatic carbocycles.